The van der Waals surface area contributed by atoms with Crippen LogP contribution in [-0.4, -0.2) is 23.2 Å². The van der Waals surface area contributed by atoms with Crippen LogP contribution in [0, 0.1) is 11.8 Å². The Morgan fingerprint density at radius 1 is 1.35 bits per heavy atom. The minimum atomic E-state index is -0.420. The van der Waals surface area contributed by atoms with Crippen LogP contribution in [-0.2, 0) is 0 Å². The first kappa shape index (κ1) is 12.4. The summed E-state index contributed by atoms with van der Waals surface area (Å²) in [5.74, 6) is 2.44. The van der Waals surface area contributed by atoms with Gasteiger partial charge in [-0.15, -0.1) is 0 Å². The molecule has 1 aliphatic heterocycles. The quantitative estimate of drug-likeness (QED) is 0.854. The van der Waals surface area contributed by atoms with Crippen LogP contribution < -0.4 is 4.90 Å². The number of aliphatic hydroxyl groups excluding tert-OH is 1. The molecule has 94 valence electrons. The molecular weight excluding hydrogens is 212 g/mol. The fraction of sp³-hybridized carbons (Fsp3) is 0.643. The normalized spacial score (nSPS) is 26.9. The predicted molar refractivity (Wildman–Crippen MR) is 70.0 cm³/mol. The first-order valence-electron chi connectivity index (χ1n) is 6.45. The van der Waals surface area contributed by atoms with E-state index in [1.54, 1.807) is 13.1 Å². The van der Waals surface area contributed by atoms with Gasteiger partial charge in [0.15, 0.2) is 0 Å². The van der Waals surface area contributed by atoms with Crippen molar-refractivity contribution in [1.29, 1.82) is 0 Å². The summed E-state index contributed by atoms with van der Waals surface area (Å²) >= 11 is 0. The average Bonchev–Trinajstić information content (AvgIpc) is 2.28. The molecule has 0 spiro atoms. The lowest BCUT2D eigenvalue weighted by molar-refractivity contribution is 0.199. The van der Waals surface area contributed by atoms with Gasteiger partial charge in [-0.1, -0.05) is 13.8 Å². The highest BCUT2D eigenvalue weighted by molar-refractivity contribution is 5.42. The van der Waals surface area contributed by atoms with Gasteiger partial charge >= 0.3 is 0 Å². The van der Waals surface area contributed by atoms with Crippen LogP contribution in [0.25, 0.3) is 0 Å². The minimum absolute atomic E-state index is 0.420. The first-order valence-corrected chi connectivity index (χ1v) is 6.45. The third-order valence-electron chi connectivity index (χ3n) is 3.44. The zero-order valence-electron chi connectivity index (χ0n) is 10.9. The maximum absolute atomic E-state index is 9.60. The number of anilines is 1. The van der Waals surface area contributed by atoms with E-state index in [9.17, 15) is 5.11 Å². The van der Waals surface area contributed by atoms with E-state index in [0.717, 1.165) is 36.3 Å². The third kappa shape index (κ3) is 2.97. The molecule has 17 heavy (non-hydrogen) atoms. The van der Waals surface area contributed by atoms with E-state index in [-0.39, 0.29) is 0 Å². The predicted octanol–water partition coefficient (Wildman–Crippen LogP) is 2.62. The van der Waals surface area contributed by atoms with Crippen LogP contribution in [0.1, 0.15) is 38.9 Å². The first-order chi connectivity index (χ1) is 8.06. The van der Waals surface area contributed by atoms with E-state index in [4.69, 9.17) is 0 Å². The highest BCUT2D eigenvalue weighted by Gasteiger charge is 2.22. The molecule has 0 aromatic carbocycles. The van der Waals surface area contributed by atoms with Gasteiger partial charge in [0.2, 0.25) is 0 Å². The van der Waals surface area contributed by atoms with Gasteiger partial charge in [-0.25, -0.2) is 4.98 Å². The molecule has 3 nitrogen and oxygen atoms in total. The van der Waals surface area contributed by atoms with Crippen LogP contribution in [0.4, 0.5) is 5.82 Å². The van der Waals surface area contributed by atoms with Crippen LogP contribution in [0.2, 0.25) is 0 Å². The Morgan fingerprint density at radius 3 is 2.59 bits per heavy atom. The summed E-state index contributed by atoms with van der Waals surface area (Å²) in [4.78, 5) is 6.77. The van der Waals surface area contributed by atoms with Gasteiger partial charge in [-0.3, -0.25) is 0 Å². The molecule has 0 saturated carbocycles. The second kappa shape index (κ2) is 5.05. The van der Waals surface area contributed by atoms with Crippen LogP contribution >= 0.6 is 0 Å². The summed E-state index contributed by atoms with van der Waals surface area (Å²) in [5.41, 5.74) is 0.945. The molecule has 3 atom stereocenters. The number of aliphatic hydroxyl groups is 1. The molecule has 0 radical (unpaired) electrons. The topological polar surface area (TPSA) is 36.4 Å². The van der Waals surface area contributed by atoms with Gasteiger partial charge in [0.25, 0.3) is 0 Å². The van der Waals surface area contributed by atoms with Crippen molar-refractivity contribution in [3.05, 3.63) is 23.9 Å². The second-order valence-corrected chi connectivity index (χ2v) is 5.47. The lowest BCUT2D eigenvalue weighted by Crippen LogP contribution is -2.39. The molecular formula is C14H22N2O. The summed E-state index contributed by atoms with van der Waals surface area (Å²) < 4.78 is 0. The Balaban J connectivity index is 2.18. The molecule has 2 rings (SSSR count). The summed E-state index contributed by atoms with van der Waals surface area (Å²) in [6, 6.07) is 3.89. The number of hydrogen-bond acceptors (Lipinski definition) is 3. The van der Waals surface area contributed by atoms with Gasteiger partial charge in [0.05, 0.1) is 6.10 Å². The van der Waals surface area contributed by atoms with E-state index < -0.39 is 6.10 Å². The molecule has 0 bridgehead atoms. The van der Waals surface area contributed by atoms with Crippen molar-refractivity contribution < 1.29 is 5.11 Å². The number of hydrogen-bond donors (Lipinski definition) is 1. The number of rotatable bonds is 2. The van der Waals surface area contributed by atoms with Gasteiger partial charge < -0.3 is 10.0 Å². The highest BCUT2D eigenvalue weighted by Crippen LogP contribution is 2.26. The zero-order valence-corrected chi connectivity index (χ0v) is 10.9. The summed E-state index contributed by atoms with van der Waals surface area (Å²) in [7, 11) is 0. The summed E-state index contributed by atoms with van der Waals surface area (Å²) in [5, 5.41) is 9.60. The van der Waals surface area contributed by atoms with E-state index in [0.29, 0.717) is 0 Å². The molecule has 1 aliphatic rings. The van der Waals surface area contributed by atoms with Crippen LogP contribution in [0.15, 0.2) is 18.3 Å². The van der Waals surface area contributed by atoms with Crippen molar-refractivity contribution in [3.8, 4) is 0 Å². The lowest BCUT2D eigenvalue weighted by Gasteiger charge is -2.36. The molecule has 0 amide bonds. The average molecular weight is 234 g/mol. The van der Waals surface area contributed by atoms with E-state index in [1.165, 1.54) is 6.42 Å². The molecule has 1 N–H and O–H groups in total. The number of piperidine rings is 1. The molecule has 0 aliphatic carbocycles. The van der Waals surface area contributed by atoms with Crippen LogP contribution in [0.5, 0.6) is 0 Å². The van der Waals surface area contributed by atoms with E-state index in [2.05, 4.69) is 23.7 Å². The molecule has 1 fully saturated rings. The Bertz CT molecular complexity index is 368. The van der Waals surface area contributed by atoms with Gasteiger partial charge in [0, 0.05) is 19.3 Å². The molecule has 2 heterocycles. The minimum Gasteiger partial charge on any atom is -0.389 e. The SMILES string of the molecule is CC1CC(C)CN(c2cc(C(C)O)ccn2)C1. The maximum atomic E-state index is 9.60. The standard InChI is InChI=1S/C14H22N2O/c1-10-6-11(2)9-16(8-10)14-7-13(12(3)17)4-5-15-14/h4-5,7,10-12,17H,6,8-9H2,1-3H3. The van der Waals surface area contributed by atoms with Gasteiger partial charge in [0.1, 0.15) is 5.82 Å². The third-order valence-corrected chi connectivity index (χ3v) is 3.44. The number of nitrogens with zero attached hydrogens (tertiary/aromatic N) is 2. The molecule has 3 heteroatoms. The zero-order chi connectivity index (χ0) is 12.4. The van der Waals surface area contributed by atoms with Crippen LogP contribution in [0.3, 0.4) is 0 Å². The Labute approximate surface area is 103 Å². The fourth-order valence-electron chi connectivity index (χ4n) is 2.72. The maximum Gasteiger partial charge on any atom is 0.128 e. The Morgan fingerprint density at radius 2 is 2.00 bits per heavy atom. The Kier molecular flexibility index (Phi) is 3.67. The smallest absolute Gasteiger partial charge is 0.128 e. The van der Waals surface area contributed by atoms with E-state index in [1.807, 2.05) is 12.1 Å². The van der Waals surface area contributed by atoms with Gasteiger partial charge in [-0.05, 0) is 42.9 Å². The fourth-order valence-corrected chi connectivity index (χ4v) is 2.72. The molecule has 1 saturated heterocycles. The van der Waals surface area contributed by atoms with Crippen molar-refractivity contribution in [2.75, 3.05) is 18.0 Å². The van der Waals surface area contributed by atoms with Gasteiger partial charge in [-0.2, -0.15) is 0 Å². The lowest BCUT2D eigenvalue weighted by atomic mass is 9.92. The monoisotopic (exact) mass is 234 g/mol. The van der Waals surface area contributed by atoms with Crippen molar-refractivity contribution in [2.24, 2.45) is 11.8 Å². The largest absolute Gasteiger partial charge is 0.389 e. The Hall–Kier alpha value is -1.09. The van der Waals surface area contributed by atoms with Crippen molar-refractivity contribution in [3.63, 3.8) is 0 Å². The summed E-state index contributed by atoms with van der Waals surface area (Å²) in [6.45, 7) is 8.52. The summed E-state index contributed by atoms with van der Waals surface area (Å²) in [6.07, 6.45) is 2.67. The van der Waals surface area contributed by atoms with Crippen molar-refractivity contribution in [1.82, 2.24) is 4.98 Å². The molecule has 3 unspecified atom stereocenters. The number of pyridine rings is 1. The highest BCUT2D eigenvalue weighted by atomic mass is 16.3. The molecule has 1 aromatic heterocycles. The second-order valence-electron chi connectivity index (χ2n) is 5.47. The van der Waals surface area contributed by atoms with E-state index >= 15 is 0 Å². The van der Waals surface area contributed by atoms with Crippen molar-refractivity contribution in [2.45, 2.75) is 33.3 Å². The molecule has 1 aromatic rings. The van der Waals surface area contributed by atoms with Crippen molar-refractivity contribution >= 4 is 5.82 Å². The number of aromatic nitrogens is 1.